The summed E-state index contributed by atoms with van der Waals surface area (Å²) in [5, 5.41) is 4.38. The quantitative estimate of drug-likeness (QED) is 0.533. The van der Waals surface area contributed by atoms with Gasteiger partial charge in [-0.15, -0.1) is 0 Å². The standard InChI is InChI=1S/C18H12ClFN2O2/c1-22-17(11(10-23)9-21-22)13-7-6-12(19)8-15(13)18(24)14-4-2-3-5-16(14)20/h2-10H,1H3. The number of halogens is 2. The summed E-state index contributed by atoms with van der Waals surface area (Å²) in [6.45, 7) is 0. The van der Waals surface area contributed by atoms with Gasteiger partial charge >= 0.3 is 0 Å². The van der Waals surface area contributed by atoms with Crippen molar-refractivity contribution >= 4 is 23.7 Å². The Labute approximate surface area is 142 Å². The first-order valence-electron chi connectivity index (χ1n) is 7.09. The van der Waals surface area contributed by atoms with Crippen LogP contribution in [-0.2, 0) is 7.05 Å². The van der Waals surface area contributed by atoms with Crippen molar-refractivity contribution in [2.75, 3.05) is 0 Å². The van der Waals surface area contributed by atoms with Crippen molar-refractivity contribution in [3.63, 3.8) is 0 Å². The lowest BCUT2D eigenvalue weighted by atomic mass is 9.95. The van der Waals surface area contributed by atoms with Crippen molar-refractivity contribution in [3.8, 4) is 11.3 Å². The molecule has 0 spiro atoms. The summed E-state index contributed by atoms with van der Waals surface area (Å²) in [5.41, 5.74) is 1.42. The van der Waals surface area contributed by atoms with Gasteiger partial charge in [-0.05, 0) is 24.3 Å². The second kappa shape index (κ2) is 6.37. The van der Waals surface area contributed by atoms with E-state index >= 15 is 0 Å². The van der Waals surface area contributed by atoms with Gasteiger partial charge in [0, 0.05) is 23.2 Å². The molecule has 0 radical (unpaired) electrons. The van der Waals surface area contributed by atoms with E-state index in [1.807, 2.05) is 0 Å². The molecule has 0 saturated carbocycles. The topological polar surface area (TPSA) is 52.0 Å². The first kappa shape index (κ1) is 16.1. The minimum atomic E-state index is -0.617. The zero-order valence-corrected chi connectivity index (χ0v) is 13.4. The first-order chi connectivity index (χ1) is 11.5. The third-order valence-electron chi connectivity index (χ3n) is 3.69. The molecule has 0 aliphatic rings. The molecule has 0 bridgehead atoms. The highest BCUT2D eigenvalue weighted by atomic mass is 35.5. The van der Waals surface area contributed by atoms with Gasteiger partial charge in [0.15, 0.2) is 12.1 Å². The van der Waals surface area contributed by atoms with Crippen LogP contribution < -0.4 is 0 Å². The fraction of sp³-hybridized carbons (Fsp3) is 0.0556. The van der Waals surface area contributed by atoms with Gasteiger partial charge in [-0.25, -0.2) is 4.39 Å². The Balaban J connectivity index is 2.24. The zero-order valence-electron chi connectivity index (χ0n) is 12.7. The van der Waals surface area contributed by atoms with E-state index in [2.05, 4.69) is 5.10 Å². The molecule has 0 atom stereocenters. The molecule has 3 aromatic rings. The summed E-state index contributed by atoms with van der Waals surface area (Å²) in [4.78, 5) is 24.1. The van der Waals surface area contributed by atoms with Crippen LogP contribution in [0.1, 0.15) is 26.3 Å². The molecule has 2 aromatic carbocycles. The lowest BCUT2D eigenvalue weighted by Crippen LogP contribution is -2.08. The Kier molecular flexibility index (Phi) is 4.27. The normalized spacial score (nSPS) is 10.6. The lowest BCUT2D eigenvalue weighted by molar-refractivity contribution is 0.103. The van der Waals surface area contributed by atoms with Crippen LogP contribution in [0.5, 0.6) is 0 Å². The van der Waals surface area contributed by atoms with Crippen LogP contribution in [0, 0.1) is 5.82 Å². The van der Waals surface area contributed by atoms with Gasteiger partial charge in [0.1, 0.15) is 5.82 Å². The maximum Gasteiger partial charge on any atom is 0.196 e. The second-order valence-electron chi connectivity index (χ2n) is 5.19. The van der Waals surface area contributed by atoms with E-state index in [1.54, 1.807) is 25.2 Å². The fourth-order valence-electron chi connectivity index (χ4n) is 2.57. The molecule has 6 heteroatoms. The van der Waals surface area contributed by atoms with Crippen LogP contribution >= 0.6 is 11.6 Å². The summed E-state index contributed by atoms with van der Waals surface area (Å²) in [6.07, 6.45) is 2.07. The van der Waals surface area contributed by atoms with Crippen LogP contribution in [0.25, 0.3) is 11.3 Å². The van der Waals surface area contributed by atoms with Gasteiger partial charge in [-0.3, -0.25) is 14.3 Å². The van der Waals surface area contributed by atoms with E-state index in [9.17, 15) is 14.0 Å². The number of nitrogens with zero attached hydrogens (tertiary/aromatic N) is 2. The molecule has 3 rings (SSSR count). The highest BCUT2D eigenvalue weighted by Gasteiger charge is 2.21. The van der Waals surface area contributed by atoms with Crippen LogP contribution in [0.2, 0.25) is 5.02 Å². The fourth-order valence-corrected chi connectivity index (χ4v) is 2.74. The van der Waals surface area contributed by atoms with E-state index in [1.165, 1.54) is 35.1 Å². The van der Waals surface area contributed by atoms with Gasteiger partial charge in [0.05, 0.1) is 23.0 Å². The average Bonchev–Trinajstić information content (AvgIpc) is 2.95. The van der Waals surface area contributed by atoms with Crippen molar-refractivity contribution in [3.05, 3.63) is 76.2 Å². The maximum atomic E-state index is 14.0. The Morgan fingerprint density at radius 1 is 1.21 bits per heavy atom. The smallest absolute Gasteiger partial charge is 0.196 e. The maximum absolute atomic E-state index is 14.0. The van der Waals surface area contributed by atoms with Crippen LogP contribution in [0.15, 0.2) is 48.7 Å². The molecule has 0 unspecified atom stereocenters. The van der Waals surface area contributed by atoms with Gasteiger partial charge in [0.25, 0.3) is 0 Å². The number of rotatable bonds is 4. The predicted octanol–water partition coefficient (Wildman–Crippen LogP) is 3.92. The Morgan fingerprint density at radius 3 is 2.67 bits per heavy atom. The molecule has 1 heterocycles. The van der Waals surface area contributed by atoms with Crippen LogP contribution in [0.4, 0.5) is 4.39 Å². The number of aromatic nitrogens is 2. The van der Waals surface area contributed by atoms with Gasteiger partial charge < -0.3 is 0 Å². The van der Waals surface area contributed by atoms with E-state index in [-0.39, 0.29) is 11.1 Å². The first-order valence-corrected chi connectivity index (χ1v) is 7.47. The minimum Gasteiger partial charge on any atom is -0.298 e. The number of carbonyl (C=O) groups is 2. The summed E-state index contributed by atoms with van der Waals surface area (Å²) < 4.78 is 15.5. The molecule has 0 aliphatic carbocycles. The predicted molar refractivity (Wildman–Crippen MR) is 88.9 cm³/mol. The molecule has 4 nitrogen and oxygen atoms in total. The van der Waals surface area contributed by atoms with Gasteiger partial charge in [-0.2, -0.15) is 5.10 Å². The monoisotopic (exact) mass is 342 g/mol. The number of hydrogen-bond acceptors (Lipinski definition) is 3. The van der Waals surface area contributed by atoms with E-state index in [0.717, 1.165) is 0 Å². The molecule has 1 aromatic heterocycles. The SMILES string of the molecule is Cn1ncc(C=O)c1-c1ccc(Cl)cc1C(=O)c1ccccc1F. The number of benzene rings is 2. The number of aryl methyl sites for hydroxylation is 1. The molecule has 0 saturated heterocycles. The zero-order chi connectivity index (χ0) is 17.3. The summed E-state index contributed by atoms with van der Waals surface area (Å²) in [7, 11) is 1.66. The molecule has 24 heavy (non-hydrogen) atoms. The molecule has 120 valence electrons. The van der Waals surface area contributed by atoms with Gasteiger partial charge in [-0.1, -0.05) is 29.8 Å². The lowest BCUT2D eigenvalue weighted by Gasteiger charge is -2.11. The minimum absolute atomic E-state index is 0.0594. The molecule has 0 aliphatic heterocycles. The summed E-state index contributed by atoms with van der Waals surface area (Å²) in [6, 6.07) is 10.4. The molecule has 0 N–H and O–H groups in total. The number of hydrogen-bond donors (Lipinski definition) is 0. The Morgan fingerprint density at radius 2 is 1.96 bits per heavy atom. The summed E-state index contributed by atoms with van der Waals surface area (Å²) in [5.74, 6) is -1.13. The summed E-state index contributed by atoms with van der Waals surface area (Å²) >= 11 is 6.03. The van der Waals surface area contributed by atoms with Crippen molar-refractivity contribution < 1.29 is 14.0 Å². The number of ketones is 1. The second-order valence-corrected chi connectivity index (χ2v) is 5.63. The van der Waals surface area contributed by atoms with Crippen molar-refractivity contribution in [1.82, 2.24) is 9.78 Å². The van der Waals surface area contributed by atoms with E-state index in [0.29, 0.717) is 28.1 Å². The van der Waals surface area contributed by atoms with E-state index in [4.69, 9.17) is 11.6 Å². The Bertz CT molecular complexity index is 950. The number of carbonyl (C=O) groups excluding carboxylic acids is 2. The molecule has 0 fully saturated rings. The largest absolute Gasteiger partial charge is 0.298 e. The number of aldehydes is 1. The molecular formula is C18H12ClFN2O2. The average molecular weight is 343 g/mol. The Hall–Kier alpha value is -2.79. The van der Waals surface area contributed by atoms with Crippen LogP contribution in [0.3, 0.4) is 0 Å². The highest BCUT2D eigenvalue weighted by Crippen LogP contribution is 2.30. The van der Waals surface area contributed by atoms with E-state index < -0.39 is 11.6 Å². The molecule has 0 amide bonds. The van der Waals surface area contributed by atoms with Gasteiger partial charge in [0.2, 0.25) is 0 Å². The van der Waals surface area contributed by atoms with Crippen LogP contribution in [-0.4, -0.2) is 21.8 Å². The third kappa shape index (κ3) is 2.74. The van der Waals surface area contributed by atoms with Crippen molar-refractivity contribution in [2.45, 2.75) is 0 Å². The third-order valence-corrected chi connectivity index (χ3v) is 3.93. The van der Waals surface area contributed by atoms with Crippen molar-refractivity contribution in [2.24, 2.45) is 7.05 Å². The highest BCUT2D eigenvalue weighted by molar-refractivity contribution is 6.31. The van der Waals surface area contributed by atoms with Crippen molar-refractivity contribution in [1.29, 1.82) is 0 Å². The molecular weight excluding hydrogens is 331 g/mol.